The van der Waals surface area contributed by atoms with E-state index in [2.05, 4.69) is 0 Å². The van der Waals surface area contributed by atoms with Crippen LogP contribution in [0.4, 0.5) is 8.78 Å². The summed E-state index contributed by atoms with van der Waals surface area (Å²) in [6.45, 7) is 2.62. The molecular formula is C42H42F2O5. The normalized spacial score (nSPS) is 21.6. The van der Waals surface area contributed by atoms with Crippen LogP contribution >= 0.6 is 0 Å². The molecule has 0 radical (unpaired) electrons. The highest BCUT2D eigenvalue weighted by molar-refractivity contribution is 5.32. The third-order valence-electron chi connectivity index (χ3n) is 8.92. The van der Waals surface area contributed by atoms with Crippen molar-refractivity contribution < 1.29 is 32.5 Å². The Morgan fingerprint density at radius 2 is 0.939 bits per heavy atom. The van der Waals surface area contributed by atoms with Gasteiger partial charge >= 0.3 is 0 Å². The van der Waals surface area contributed by atoms with E-state index in [1.54, 1.807) is 24.3 Å². The molecule has 1 fully saturated rings. The highest BCUT2D eigenvalue weighted by Crippen LogP contribution is 2.46. The van der Waals surface area contributed by atoms with Crippen molar-refractivity contribution in [3.63, 3.8) is 0 Å². The molecule has 254 valence electrons. The lowest BCUT2D eigenvalue weighted by molar-refractivity contribution is -0.274. The molecular weight excluding hydrogens is 622 g/mol. The van der Waals surface area contributed by atoms with Crippen LogP contribution in [0.5, 0.6) is 11.5 Å². The molecule has 49 heavy (non-hydrogen) atoms. The standard InChI is InChI=1S/C42H42F2O5/c1-31-39(47-28-34-18-10-4-11-19-34)38(30-45-26-32-14-6-2-7-15-32)42(43,44)41(40(31)48-29-35-20-12-5-13-21-35)49-37-24-22-36(23-25-37)46-27-33-16-8-3-9-17-33/h2-25,31,38-41H,26-30H2,1H3/t31-,38+,39-,40+,41+/m0/s1. The summed E-state index contributed by atoms with van der Waals surface area (Å²) in [4.78, 5) is 0. The molecule has 5 aromatic carbocycles. The molecule has 5 atom stereocenters. The molecule has 0 unspecified atom stereocenters. The first-order valence-electron chi connectivity index (χ1n) is 16.7. The van der Waals surface area contributed by atoms with E-state index < -0.39 is 36.1 Å². The second-order valence-electron chi connectivity index (χ2n) is 12.4. The van der Waals surface area contributed by atoms with Crippen LogP contribution in [0.3, 0.4) is 0 Å². The Hall–Kier alpha value is -4.56. The smallest absolute Gasteiger partial charge is 0.294 e. The minimum atomic E-state index is -3.38. The van der Waals surface area contributed by atoms with E-state index in [4.69, 9.17) is 23.7 Å². The molecule has 1 aliphatic carbocycles. The van der Waals surface area contributed by atoms with Gasteiger partial charge in [-0.1, -0.05) is 128 Å². The van der Waals surface area contributed by atoms with E-state index in [-0.39, 0.29) is 26.4 Å². The van der Waals surface area contributed by atoms with Crippen molar-refractivity contribution in [3.05, 3.63) is 168 Å². The molecule has 0 aromatic heterocycles. The zero-order chi connectivity index (χ0) is 33.9. The van der Waals surface area contributed by atoms with Crippen LogP contribution in [0.25, 0.3) is 0 Å². The molecule has 0 saturated heterocycles. The predicted octanol–water partition coefficient (Wildman–Crippen LogP) is 9.30. The van der Waals surface area contributed by atoms with E-state index >= 15 is 8.78 Å². The van der Waals surface area contributed by atoms with Crippen molar-refractivity contribution >= 4 is 0 Å². The van der Waals surface area contributed by atoms with Gasteiger partial charge < -0.3 is 23.7 Å². The summed E-state index contributed by atoms with van der Waals surface area (Å²) >= 11 is 0. The van der Waals surface area contributed by atoms with Crippen LogP contribution in [-0.2, 0) is 40.6 Å². The van der Waals surface area contributed by atoms with Crippen LogP contribution < -0.4 is 9.47 Å². The molecule has 0 aliphatic heterocycles. The second-order valence-corrected chi connectivity index (χ2v) is 12.4. The zero-order valence-electron chi connectivity index (χ0n) is 27.6. The fourth-order valence-electron chi connectivity index (χ4n) is 6.25. The minimum Gasteiger partial charge on any atom is -0.489 e. The summed E-state index contributed by atoms with van der Waals surface area (Å²) in [5.41, 5.74) is 3.72. The molecule has 0 N–H and O–H groups in total. The molecule has 6 rings (SSSR count). The Morgan fingerprint density at radius 3 is 1.45 bits per heavy atom. The number of ether oxygens (including phenoxy) is 5. The third-order valence-corrected chi connectivity index (χ3v) is 8.92. The Bertz CT molecular complexity index is 1670. The maximum Gasteiger partial charge on any atom is 0.294 e. The fourth-order valence-corrected chi connectivity index (χ4v) is 6.25. The van der Waals surface area contributed by atoms with E-state index in [0.29, 0.717) is 18.1 Å². The van der Waals surface area contributed by atoms with E-state index in [1.165, 1.54) is 0 Å². The molecule has 1 aliphatic rings. The molecule has 0 bridgehead atoms. The number of alkyl halides is 2. The molecule has 5 nitrogen and oxygen atoms in total. The minimum absolute atomic E-state index is 0.151. The Kier molecular flexibility index (Phi) is 11.7. The highest BCUT2D eigenvalue weighted by atomic mass is 19.3. The monoisotopic (exact) mass is 664 g/mol. The maximum atomic E-state index is 17.1. The number of benzene rings is 5. The second kappa shape index (κ2) is 16.7. The van der Waals surface area contributed by atoms with Gasteiger partial charge in [0.1, 0.15) is 24.2 Å². The summed E-state index contributed by atoms with van der Waals surface area (Å²) in [6.07, 6.45) is -3.47. The molecule has 0 spiro atoms. The number of halogens is 2. The van der Waals surface area contributed by atoms with Gasteiger partial charge in [0.25, 0.3) is 5.92 Å². The lowest BCUT2D eigenvalue weighted by Gasteiger charge is -2.49. The number of hydrogen-bond acceptors (Lipinski definition) is 5. The fraction of sp³-hybridized carbons (Fsp3) is 0.286. The average Bonchev–Trinajstić information content (AvgIpc) is 3.14. The van der Waals surface area contributed by atoms with Gasteiger partial charge in [0.2, 0.25) is 0 Å². The van der Waals surface area contributed by atoms with Crippen molar-refractivity contribution in [1.82, 2.24) is 0 Å². The first-order valence-corrected chi connectivity index (χ1v) is 16.7. The highest BCUT2D eigenvalue weighted by Gasteiger charge is 2.63. The van der Waals surface area contributed by atoms with Crippen LogP contribution in [0.15, 0.2) is 146 Å². The van der Waals surface area contributed by atoms with Gasteiger partial charge in [-0.2, -0.15) is 0 Å². The first kappa shape index (κ1) is 34.3. The molecule has 5 aromatic rings. The summed E-state index contributed by atoms with van der Waals surface area (Å²) in [5.74, 6) is -4.24. The molecule has 1 saturated carbocycles. The van der Waals surface area contributed by atoms with E-state index in [9.17, 15) is 0 Å². The maximum absolute atomic E-state index is 17.1. The van der Waals surface area contributed by atoms with Crippen molar-refractivity contribution in [2.24, 2.45) is 11.8 Å². The van der Waals surface area contributed by atoms with Crippen LogP contribution in [0, 0.1) is 11.8 Å². The molecule has 0 amide bonds. The van der Waals surface area contributed by atoms with Gasteiger partial charge in [0, 0.05) is 5.92 Å². The Balaban J connectivity index is 1.25. The molecule has 7 heteroatoms. The van der Waals surface area contributed by atoms with Crippen molar-refractivity contribution in [2.75, 3.05) is 6.61 Å². The van der Waals surface area contributed by atoms with Crippen LogP contribution in [-0.4, -0.2) is 30.8 Å². The zero-order valence-corrected chi connectivity index (χ0v) is 27.6. The quantitative estimate of drug-likeness (QED) is 0.112. The number of rotatable bonds is 15. The summed E-state index contributed by atoms with van der Waals surface area (Å²) < 4.78 is 65.0. The van der Waals surface area contributed by atoms with Crippen molar-refractivity contribution in [1.29, 1.82) is 0 Å². The van der Waals surface area contributed by atoms with Crippen LogP contribution in [0.1, 0.15) is 29.2 Å². The topological polar surface area (TPSA) is 46.2 Å². The average molecular weight is 665 g/mol. The van der Waals surface area contributed by atoms with Crippen LogP contribution in [0.2, 0.25) is 0 Å². The van der Waals surface area contributed by atoms with Crippen molar-refractivity contribution in [2.45, 2.75) is 57.6 Å². The van der Waals surface area contributed by atoms with Crippen molar-refractivity contribution in [3.8, 4) is 11.5 Å². The van der Waals surface area contributed by atoms with Gasteiger partial charge in [0.15, 0.2) is 6.10 Å². The summed E-state index contributed by atoms with van der Waals surface area (Å²) in [7, 11) is 0. The summed E-state index contributed by atoms with van der Waals surface area (Å²) in [6, 6.07) is 45.3. The lowest BCUT2D eigenvalue weighted by atomic mass is 9.73. The van der Waals surface area contributed by atoms with E-state index in [1.807, 2.05) is 128 Å². The SMILES string of the molecule is C[C@@H]1[C@@H](OCc2ccccc2)[C@@H](Oc2ccc(OCc3ccccc3)cc2)C(F)(F)[C@H](COCc2ccccc2)[C@H]1OCc1ccccc1. The number of hydrogen-bond donors (Lipinski definition) is 0. The summed E-state index contributed by atoms with van der Waals surface area (Å²) in [5, 5.41) is 0. The van der Waals surface area contributed by atoms with Gasteiger partial charge in [0.05, 0.1) is 38.4 Å². The lowest BCUT2D eigenvalue weighted by Crippen LogP contribution is -2.65. The predicted molar refractivity (Wildman–Crippen MR) is 185 cm³/mol. The third kappa shape index (κ3) is 9.12. The Labute approximate surface area is 287 Å². The van der Waals surface area contributed by atoms with E-state index in [0.717, 1.165) is 22.3 Å². The van der Waals surface area contributed by atoms with Gasteiger partial charge in [-0.25, -0.2) is 8.78 Å². The Morgan fingerprint density at radius 1 is 0.510 bits per heavy atom. The first-order chi connectivity index (χ1) is 24.0. The van der Waals surface area contributed by atoms with Gasteiger partial charge in [-0.05, 0) is 46.5 Å². The van der Waals surface area contributed by atoms with Gasteiger partial charge in [-0.3, -0.25) is 0 Å². The largest absolute Gasteiger partial charge is 0.489 e. The molecule has 0 heterocycles. The van der Waals surface area contributed by atoms with Gasteiger partial charge in [-0.15, -0.1) is 0 Å².